The molecule has 0 aliphatic rings. The fourth-order valence-corrected chi connectivity index (χ4v) is 2.29. The van der Waals surface area contributed by atoms with Crippen LogP contribution in [0.5, 0.6) is 0 Å². The van der Waals surface area contributed by atoms with Crippen LogP contribution < -0.4 is 5.32 Å². The monoisotopic (exact) mass is 386 g/mol. The van der Waals surface area contributed by atoms with E-state index in [4.69, 9.17) is 9.47 Å². The molecule has 0 bridgehead atoms. The summed E-state index contributed by atoms with van der Waals surface area (Å²) in [7, 11) is 0. The molecule has 9 heteroatoms. The molecular weight excluding hydrogens is 368 g/mol. The summed E-state index contributed by atoms with van der Waals surface area (Å²) in [6.07, 6.45) is -0.321. The van der Waals surface area contributed by atoms with Crippen LogP contribution in [0.4, 0.5) is 11.4 Å². The highest BCUT2D eigenvalue weighted by atomic mass is 16.6. The number of esters is 2. The Hall–Kier alpha value is -3.75. The Morgan fingerprint density at radius 2 is 1.71 bits per heavy atom. The van der Waals surface area contributed by atoms with E-state index in [1.54, 1.807) is 13.0 Å². The maximum Gasteiger partial charge on any atom is 0.338 e. The molecule has 0 heterocycles. The molecule has 0 radical (unpaired) electrons. The topological polar surface area (TPSA) is 125 Å². The molecule has 0 aliphatic heterocycles. The highest BCUT2D eigenvalue weighted by Crippen LogP contribution is 2.18. The lowest BCUT2D eigenvalue weighted by atomic mass is 10.1. The first kappa shape index (κ1) is 20.6. The molecule has 1 amide bonds. The highest BCUT2D eigenvalue weighted by molar-refractivity contribution is 5.94. The van der Waals surface area contributed by atoms with Crippen molar-refractivity contribution in [3.05, 3.63) is 69.8 Å². The van der Waals surface area contributed by atoms with Gasteiger partial charge in [-0.2, -0.15) is 0 Å². The Morgan fingerprint density at radius 3 is 2.36 bits per heavy atom. The number of ether oxygens (including phenoxy) is 2. The minimum absolute atomic E-state index is 0.189. The number of benzene rings is 2. The van der Waals surface area contributed by atoms with E-state index in [0.717, 1.165) is 0 Å². The lowest BCUT2D eigenvalue weighted by Gasteiger charge is -2.08. The second-order valence-corrected chi connectivity index (χ2v) is 5.57. The van der Waals surface area contributed by atoms with Gasteiger partial charge in [0, 0.05) is 17.3 Å². The smallest absolute Gasteiger partial charge is 0.338 e. The van der Waals surface area contributed by atoms with Gasteiger partial charge in [-0.3, -0.25) is 19.7 Å². The van der Waals surface area contributed by atoms with Gasteiger partial charge in [-0.25, -0.2) is 4.79 Å². The third-order valence-electron chi connectivity index (χ3n) is 3.57. The van der Waals surface area contributed by atoms with E-state index in [1.807, 2.05) is 0 Å². The van der Waals surface area contributed by atoms with Gasteiger partial charge in [0.2, 0.25) is 0 Å². The fourth-order valence-electron chi connectivity index (χ4n) is 2.29. The predicted octanol–water partition coefficient (Wildman–Crippen LogP) is 2.50. The standard InChI is InChI=1S/C19H18N2O7/c1-2-27-19(24)13-7-9-15(10-8-13)20-17(22)12-28-18(23)11-14-5-3-4-6-16(14)21(25)26/h3-10H,2,11-12H2,1H3,(H,20,22). The third-order valence-corrected chi connectivity index (χ3v) is 3.57. The van der Waals surface area contributed by atoms with Gasteiger partial charge in [-0.05, 0) is 31.2 Å². The zero-order valence-corrected chi connectivity index (χ0v) is 15.0. The summed E-state index contributed by atoms with van der Waals surface area (Å²) in [5, 5.41) is 13.4. The maximum absolute atomic E-state index is 11.9. The van der Waals surface area contributed by atoms with Crippen molar-refractivity contribution in [2.24, 2.45) is 0 Å². The van der Waals surface area contributed by atoms with Gasteiger partial charge in [0.1, 0.15) is 0 Å². The van der Waals surface area contributed by atoms with E-state index in [-0.39, 0.29) is 24.3 Å². The number of hydrogen-bond acceptors (Lipinski definition) is 7. The van der Waals surface area contributed by atoms with Gasteiger partial charge in [0.05, 0.1) is 23.5 Å². The number of nitro benzene ring substituents is 1. The number of hydrogen-bond donors (Lipinski definition) is 1. The summed E-state index contributed by atoms with van der Waals surface area (Å²) in [5.74, 6) is -1.81. The number of anilines is 1. The summed E-state index contributed by atoms with van der Waals surface area (Å²) >= 11 is 0. The predicted molar refractivity (Wildman–Crippen MR) is 98.8 cm³/mol. The summed E-state index contributed by atoms with van der Waals surface area (Å²) < 4.78 is 9.72. The number of amides is 1. The van der Waals surface area contributed by atoms with E-state index < -0.39 is 29.4 Å². The molecule has 0 fully saturated rings. The number of nitrogens with one attached hydrogen (secondary N) is 1. The first-order valence-electron chi connectivity index (χ1n) is 8.35. The van der Waals surface area contributed by atoms with Crippen molar-refractivity contribution in [2.45, 2.75) is 13.3 Å². The highest BCUT2D eigenvalue weighted by Gasteiger charge is 2.17. The molecule has 0 atom stereocenters. The Balaban J connectivity index is 1.84. The number of rotatable bonds is 8. The van der Waals surface area contributed by atoms with Crippen LogP contribution in [-0.2, 0) is 25.5 Å². The van der Waals surface area contributed by atoms with E-state index in [2.05, 4.69) is 5.32 Å². The molecule has 2 aromatic rings. The minimum atomic E-state index is -0.762. The van der Waals surface area contributed by atoms with Crippen molar-refractivity contribution in [1.82, 2.24) is 0 Å². The molecule has 0 saturated heterocycles. The molecule has 0 aliphatic carbocycles. The molecule has 2 aromatic carbocycles. The third kappa shape index (κ3) is 5.90. The van der Waals surface area contributed by atoms with E-state index in [0.29, 0.717) is 11.3 Å². The Kier molecular flexibility index (Phi) is 7.21. The minimum Gasteiger partial charge on any atom is -0.462 e. The summed E-state index contributed by atoms with van der Waals surface area (Å²) in [6.45, 7) is 1.41. The first-order chi connectivity index (χ1) is 13.4. The molecule has 0 aromatic heterocycles. The number of carbonyl (C=O) groups is 3. The van der Waals surface area contributed by atoms with Crippen LogP contribution in [0.2, 0.25) is 0 Å². The van der Waals surface area contributed by atoms with E-state index in [9.17, 15) is 24.5 Å². The second kappa shape index (κ2) is 9.81. The number of carbonyl (C=O) groups excluding carboxylic acids is 3. The van der Waals surface area contributed by atoms with E-state index in [1.165, 1.54) is 42.5 Å². The Morgan fingerprint density at radius 1 is 1.04 bits per heavy atom. The maximum atomic E-state index is 11.9. The van der Waals surface area contributed by atoms with Crippen molar-refractivity contribution in [3.63, 3.8) is 0 Å². The zero-order valence-electron chi connectivity index (χ0n) is 15.0. The normalized spacial score (nSPS) is 10.0. The van der Waals surface area contributed by atoms with Crippen molar-refractivity contribution < 1.29 is 28.8 Å². The summed E-state index contributed by atoms with van der Waals surface area (Å²) in [5.41, 5.74) is 0.765. The van der Waals surface area contributed by atoms with Crippen LogP contribution in [-0.4, -0.2) is 36.0 Å². The molecule has 0 spiro atoms. The first-order valence-corrected chi connectivity index (χ1v) is 8.35. The lowest BCUT2D eigenvalue weighted by molar-refractivity contribution is -0.385. The van der Waals surface area contributed by atoms with Crippen molar-refractivity contribution >= 4 is 29.2 Å². The van der Waals surface area contributed by atoms with Gasteiger partial charge < -0.3 is 14.8 Å². The summed E-state index contributed by atoms with van der Waals surface area (Å²) in [4.78, 5) is 45.6. The lowest BCUT2D eigenvalue weighted by Crippen LogP contribution is -2.21. The average Bonchev–Trinajstić information content (AvgIpc) is 2.67. The van der Waals surface area contributed by atoms with E-state index >= 15 is 0 Å². The van der Waals surface area contributed by atoms with Gasteiger partial charge in [-0.15, -0.1) is 0 Å². The molecule has 1 N–H and O–H groups in total. The quantitative estimate of drug-likeness (QED) is 0.420. The van der Waals surface area contributed by atoms with Crippen LogP contribution in [0.25, 0.3) is 0 Å². The van der Waals surface area contributed by atoms with Crippen molar-refractivity contribution in [1.29, 1.82) is 0 Å². The van der Waals surface area contributed by atoms with Crippen molar-refractivity contribution in [2.75, 3.05) is 18.5 Å². The molecule has 28 heavy (non-hydrogen) atoms. The van der Waals surface area contributed by atoms with Crippen LogP contribution in [0.15, 0.2) is 48.5 Å². The van der Waals surface area contributed by atoms with Gasteiger partial charge >= 0.3 is 11.9 Å². The molecule has 0 saturated carbocycles. The van der Waals surface area contributed by atoms with Gasteiger partial charge in [0.25, 0.3) is 11.6 Å². The molecule has 9 nitrogen and oxygen atoms in total. The van der Waals surface area contributed by atoms with Crippen LogP contribution in [0.1, 0.15) is 22.8 Å². The second-order valence-electron chi connectivity index (χ2n) is 5.57. The van der Waals surface area contributed by atoms with Crippen LogP contribution in [0, 0.1) is 10.1 Å². The largest absolute Gasteiger partial charge is 0.462 e. The Bertz CT molecular complexity index is 878. The summed E-state index contributed by atoms with van der Waals surface area (Å²) in [6, 6.07) is 11.8. The fraction of sp³-hybridized carbons (Fsp3) is 0.211. The van der Waals surface area contributed by atoms with Crippen molar-refractivity contribution in [3.8, 4) is 0 Å². The average molecular weight is 386 g/mol. The molecule has 2 rings (SSSR count). The number of nitrogens with zero attached hydrogens (tertiary/aromatic N) is 1. The number of para-hydroxylation sites is 1. The SMILES string of the molecule is CCOC(=O)c1ccc(NC(=O)COC(=O)Cc2ccccc2[N+](=O)[O-])cc1. The molecule has 0 unspecified atom stereocenters. The zero-order chi connectivity index (χ0) is 20.5. The number of nitro groups is 1. The van der Waals surface area contributed by atoms with Gasteiger partial charge in [0.15, 0.2) is 6.61 Å². The molecule has 146 valence electrons. The van der Waals surface area contributed by atoms with Crippen LogP contribution >= 0.6 is 0 Å². The molecular formula is C19H18N2O7. The van der Waals surface area contributed by atoms with Crippen LogP contribution in [0.3, 0.4) is 0 Å². The Labute approximate surface area is 160 Å². The van der Waals surface area contributed by atoms with Gasteiger partial charge in [-0.1, -0.05) is 18.2 Å².